The Morgan fingerprint density at radius 3 is 2.69 bits per heavy atom. The molecule has 5 nitrogen and oxygen atoms in total. The number of nitrogens with zero attached hydrogens (tertiary/aromatic N) is 2. The van der Waals surface area contributed by atoms with E-state index >= 15 is 0 Å². The molecule has 1 N–H and O–H groups in total. The van der Waals surface area contributed by atoms with Crippen molar-refractivity contribution in [1.82, 2.24) is 9.47 Å². The highest BCUT2D eigenvalue weighted by atomic mass is 28.4. The molecular weight excluding hydrogens is 416 g/mol. The molecule has 3 atom stereocenters. The monoisotopic (exact) mass is 454 g/mol. The Bertz CT molecular complexity index is 1100. The van der Waals surface area contributed by atoms with E-state index in [0.29, 0.717) is 13.0 Å². The van der Waals surface area contributed by atoms with Crippen LogP contribution in [0.15, 0.2) is 29.8 Å². The molecule has 0 unspecified atom stereocenters. The number of methoxy groups -OCH3 is 1. The number of para-hydroxylation sites is 1. The van der Waals surface area contributed by atoms with Crippen LogP contribution in [0, 0.1) is 5.92 Å². The molecule has 5 rings (SSSR count). The Morgan fingerprint density at radius 2 is 2.03 bits per heavy atom. The van der Waals surface area contributed by atoms with Gasteiger partial charge in [-0.05, 0) is 43.1 Å². The van der Waals surface area contributed by atoms with E-state index in [2.05, 4.69) is 68.5 Å². The highest BCUT2D eigenvalue weighted by Gasteiger charge is 2.60. The average Bonchev–Trinajstić information content (AvgIpc) is 3.25. The smallest absolute Gasteiger partial charge is 0.192 e. The van der Waals surface area contributed by atoms with E-state index in [1.165, 1.54) is 22.2 Å². The largest absolute Gasteiger partial charge is 0.495 e. The van der Waals surface area contributed by atoms with E-state index in [-0.39, 0.29) is 16.5 Å². The standard InChI is InChI=1S/C26H38N2O3Si/c1-8-17-15-27-13-12-19-18-10-9-11-21(30-5)23(18)28-22(29)14-20(17)26(27,24(19)28)16-31-32(6,7)25(2,3)4/h8-11,20,22,29H,12-16H2,1-7H3/b17-8-/t20-,22+,26+/m0/s1. The van der Waals surface area contributed by atoms with E-state index in [9.17, 15) is 5.11 Å². The molecule has 3 aliphatic rings. The predicted octanol–water partition coefficient (Wildman–Crippen LogP) is 5.20. The fourth-order valence-corrected chi connectivity index (χ4v) is 7.16. The maximum atomic E-state index is 11.5. The van der Waals surface area contributed by atoms with Gasteiger partial charge < -0.3 is 18.8 Å². The Morgan fingerprint density at radius 1 is 1.28 bits per heavy atom. The molecule has 0 amide bonds. The van der Waals surface area contributed by atoms with Crippen LogP contribution in [0.1, 0.15) is 51.6 Å². The summed E-state index contributed by atoms with van der Waals surface area (Å²) in [6, 6.07) is 6.28. The highest BCUT2D eigenvalue weighted by molar-refractivity contribution is 6.74. The average molecular weight is 455 g/mol. The third kappa shape index (κ3) is 2.79. The fraction of sp³-hybridized carbons (Fsp3) is 0.615. The second kappa shape index (κ2) is 7.20. The summed E-state index contributed by atoms with van der Waals surface area (Å²) >= 11 is 0. The zero-order valence-electron chi connectivity index (χ0n) is 20.7. The van der Waals surface area contributed by atoms with E-state index in [1.807, 2.05) is 6.07 Å². The molecule has 174 valence electrons. The summed E-state index contributed by atoms with van der Waals surface area (Å²) in [6.45, 7) is 16.4. The molecule has 1 saturated heterocycles. The third-order valence-electron chi connectivity index (χ3n) is 8.89. The minimum Gasteiger partial charge on any atom is -0.495 e. The van der Waals surface area contributed by atoms with Crippen LogP contribution in [0.3, 0.4) is 0 Å². The van der Waals surface area contributed by atoms with Crippen molar-refractivity contribution in [3.05, 3.63) is 41.1 Å². The van der Waals surface area contributed by atoms with E-state index < -0.39 is 14.5 Å². The van der Waals surface area contributed by atoms with Gasteiger partial charge in [-0.2, -0.15) is 0 Å². The number of hydrogen-bond acceptors (Lipinski definition) is 4. The van der Waals surface area contributed by atoms with E-state index in [1.54, 1.807) is 7.11 Å². The number of rotatable bonds is 4. The van der Waals surface area contributed by atoms with Crippen molar-refractivity contribution in [3.63, 3.8) is 0 Å². The second-order valence-corrected chi connectivity index (χ2v) is 16.1. The predicted molar refractivity (Wildman–Crippen MR) is 132 cm³/mol. The third-order valence-corrected chi connectivity index (χ3v) is 13.4. The van der Waals surface area contributed by atoms with Crippen LogP contribution < -0.4 is 4.74 Å². The van der Waals surface area contributed by atoms with Crippen LogP contribution in [0.25, 0.3) is 10.9 Å². The highest BCUT2D eigenvalue weighted by Crippen LogP contribution is 2.58. The Kier molecular flexibility index (Phi) is 4.99. The summed E-state index contributed by atoms with van der Waals surface area (Å²) in [5, 5.41) is 12.8. The molecule has 0 bridgehead atoms. The van der Waals surface area contributed by atoms with Crippen LogP contribution in [0.2, 0.25) is 18.1 Å². The number of ether oxygens (including phenoxy) is 1. The van der Waals surface area contributed by atoms with Crippen molar-refractivity contribution in [1.29, 1.82) is 0 Å². The van der Waals surface area contributed by atoms with Gasteiger partial charge in [-0.3, -0.25) is 4.90 Å². The molecule has 1 aromatic carbocycles. The first kappa shape index (κ1) is 22.2. The molecule has 0 spiro atoms. The SMILES string of the molecule is C/C=C1/CN2CCc3c4n(c5c(OC)cccc35)[C@H](O)C[C@@H]1[C@]42CO[Si](C)(C)C(C)(C)C. The number of allylic oxidation sites excluding steroid dienone is 1. The molecule has 0 saturated carbocycles. The van der Waals surface area contributed by atoms with Gasteiger partial charge in [0.1, 0.15) is 12.0 Å². The summed E-state index contributed by atoms with van der Waals surface area (Å²) in [5.74, 6) is 1.11. The first-order valence-electron chi connectivity index (χ1n) is 12.0. The quantitative estimate of drug-likeness (QED) is 0.510. The van der Waals surface area contributed by atoms with Gasteiger partial charge in [0.05, 0.1) is 24.8 Å². The summed E-state index contributed by atoms with van der Waals surface area (Å²) in [6.07, 6.45) is 3.43. The number of aliphatic hydroxyl groups is 1. The number of fused-ring (bicyclic) bond motifs is 3. The lowest BCUT2D eigenvalue weighted by atomic mass is 9.72. The molecule has 32 heavy (non-hydrogen) atoms. The molecule has 6 heteroatoms. The summed E-state index contributed by atoms with van der Waals surface area (Å²) in [5.41, 5.74) is 4.89. The normalized spacial score (nSPS) is 29.1. The van der Waals surface area contributed by atoms with Crippen LogP contribution in [-0.4, -0.2) is 49.7 Å². The minimum atomic E-state index is -1.95. The maximum Gasteiger partial charge on any atom is 0.192 e. The summed E-state index contributed by atoms with van der Waals surface area (Å²) in [4.78, 5) is 2.65. The van der Waals surface area contributed by atoms with Crippen LogP contribution in [-0.2, 0) is 16.4 Å². The molecule has 4 heterocycles. The van der Waals surface area contributed by atoms with E-state index in [4.69, 9.17) is 9.16 Å². The zero-order valence-corrected chi connectivity index (χ0v) is 21.7. The zero-order chi connectivity index (χ0) is 23.1. The number of benzene rings is 1. The molecule has 1 aromatic heterocycles. The van der Waals surface area contributed by atoms with Gasteiger partial charge in [0.2, 0.25) is 0 Å². The lowest BCUT2D eigenvalue weighted by Gasteiger charge is -2.51. The molecule has 0 radical (unpaired) electrons. The van der Waals surface area contributed by atoms with Gasteiger partial charge in [-0.15, -0.1) is 0 Å². The first-order chi connectivity index (χ1) is 15.1. The topological polar surface area (TPSA) is 46.9 Å². The maximum absolute atomic E-state index is 11.5. The first-order valence-corrected chi connectivity index (χ1v) is 14.9. The van der Waals surface area contributed by atoms with Gasteiger partial charge in [0.25, 0.3) is 0 Å². The van der Waals surface area contributed by atoms with Gasteiger partial charge in [0, 0.05) is 36.5 Å². The summed E-state index contributed by atoms with van der Waals surface area (Å²) < 4.78 is 15.0. The van der Waals surface area contributed by atoms with Crippen LogP contribution in [0.4, 0.5) is 0 Å². The molecule has 2 aromatic rings. The van der Waals surface area contributed by atoms with Gasteiger partial charge >= 0.3 is 0 Å². The Labute approximate surface area is 193 Å². The second-order valence-electron chi connectivity index (χ2n) is 11.3. The van der Waals surface area contributed by atoms with Crippen LogP contribution in [0.5, 0.6) is 5.75 Å². The van der Waals surface area contributed by atoms with Crippen molar-refractivity contribution in [2.75, 3.05) is 26.8 Å². The fourth-order valence-electron chi connectivity index (χ4n) is 6.15. The van der Waals surface area contributed by atoms with Crippen molar-refractivity contribution < 1.29 is 14.3 Å². The van der Waals surface area contributed by atoms with Crippen molar-refractivity contribution in [2.24, 2.45) is 5.92 Å². The van der Waals surface area contributed by atoms with Gasteiger partial charge in [0.15, 0.2) is 8.32 Å². The molecule has 3 aliphatic heterocycles. The van der Waals surface area contributed by atoms with E-state index in [0.717, 1.165) is 30.8 Å². The van der Waals surface area contributed by atoms with Crippen molar-refractivity contribution >= 4 is 19.2 Å². The molecular formula is C26H38N2O3Si. The Balaban J connectivity index is 1.77. The molecule has 1 fully saturated rings. The van der Waals surface area contributed by atoms with Crippen molar-refractivity contribution in [3.8, 4) is 5.75 Å². The lowest BCUT2D eigenvalue weighted by Crippen LogP contribution is -2.58. The minimum absolute atomic E-state index is 0.156. The molecule has 0 aliphatic carbocycles. The number of aliphatic hydroxyl groups excluding tert-OH is 1. The van der Waals surface area contributed by atoms with Crippen LogP contribution >= 0.6 is 0 Å². The van der Waals surface area contributed by atoms with Crippen molar-refractivity contribution in [2.45, 2.75) is 70.4 Å². The lowest BCUT2D eigenvalue weighted by molar-refractivity contribution is -0.0373. The van der Waals surface area contributed by atoms with Gasteiger partial charge in [-0.25, -0.2) is 0 Å². The summed E-state index contributed by atoms with van der Waals surface area (Å²) in [7, 11) is -0.222. The number of hydrogen-bond donors (Lipinski definition) is 1. The number of aromatic nitrogens is 1. The Hall–Kier alpha value is -1.60. The van der Waals surface area contributed by atoms with Gasteiger partial charge in [-0.1, -0.05) is 44.6 Å².